The molecule has 3 aromatic rings. The van der Waals surface area contributed by atoms with Gasteiger partial charge >= 0.3 is 0 Å². The van der Waals surface area contributed by atoms with Gasteiger partial charge in [-0.25, -0.2) is 17.7 Å². The fourth-order valence-corrected chi connectivity index (χ4v) is 3.59. The number of hydrogen-bond donors (Lipinski definition) is 0. The monoisotopic (exact) mass is 433 g/mol. The SMILES string of the molecule is CN(C)S(=O)(=O)c1ccc(C(=O)C=Cc2cnc3ccc(Br)cn23)cc1. The number of imidazole rings is 1. The molecule has 0 aliphatic carbocycles. The van der Waals surface area contributed by atoms with Crippen LogP contribution in [0.2, 0.25) is 0 Å². The maximum absolute atomic E-state index is 12.4. The summed E-state index contributed by atoms with van der Waals surface area (Å²) >= 11 is 3.41. The van der Waals surface area contributed by atoms with Gasteiger partial charge in [0.15, 0.2) is 5.78 Å². The number of pyridine rings is 1. The molecule has 0 radical (unpaired) electrons. The number of aromatic nitrogens is 2. The van der Waals surface area contributed by atoms with Gasteiger partial charge in [0.1, 0.15) is 5.65 Å². The van der Waals surface area contributed by atoms with E-state index in [0.717, 1.165) is 20.1 Å². The zero-order valence-electron chi connectivity index (χ0n) is 14.1. The molecule has 0 unspecified atom stereocenters. The van der Waals surface area contributed by atoms with E-state index in [9.17, 15) is 13.2 Å². The molecule has 0 amide bonds. The predicted molar refractivity (Wildman–Crippen MR) is 104 cm³/mol. The van der Waals surface area contributed by atoms with Crippen LogP contribution in [0.1, 0.15) is 16.1 Å². The summed E-state index contributed by atoms with van der Waals surface area (Å²) in [6.45, 7) is 0. The van der Waals surface area contributed by atoms with E-state index in [0.29, 0.717) is 5.56 Å². The molecule has 0 bridgehead atoms. The molecule has 1 aromatic carbocycles. The molecule has 3 rings (SSSR count). The van der Waals surface area contributed by atoms with Gasteiger partial charge in [0.25, 0.3) is 0 Å². The maximum atomic E-state index is 12.4. The van der Waals surface area contributed by atoms with E-state index in [1.807, 2.05) is 22.7 Å². The summed E-state index contributed by atoms with van der Waals surface area (Å²) in [5.74, 6) is -0.219. The maximum Gasteiger partial charge on any atom is 0.242 e. The molecule has 134 valence electrons. The summed E-state index contributed by atoms with van der Waals surface area (Å²) in [4.78, 5) is 16.8. The van der Waals surface area contributed by atoms with Crippen LogP contribution in [0, 0.1) is 0 Å². The third-order valence-corrected chi connectivity index (χ3v) is 6.12. The second-order valence-electron chi connectivity index (χ2n) is 5.77. The number of halogens is 1. The molecule has 0 fully saturated rings. The first kappa shape index (κ1) is 18.5. The second kappa shape index (κ2) is 7.14. The Hall–Kier alpha value is -2.29. The van der Waals surface area contributed by atoms with Crippen molar-refractivity contribution in [2.45, 2.75) is 4.90 Å². The Morgan fingerprint density at radius 1 is 1.15 bits per heavy atom. The van der Waals surface area contributed by atoms with E-state index >= 15 is 0 Å². The molecule has 0 aliphatic rings. The van der Waals surface area contributed by atoms with Gasteiger partial charge in [-0.1, -0.05) is 0 Å². The molecular formula is C18H16BrN3O3S. The zero-order chi connectivity index (χ0) is 18.9. The van der Waals surface area contributed by atoms with Crippen molar-refractivity contribution in [2.24, 2.45) is 0 Å². The average Bonchev–Trinajstić information content (AvgIpc) is 3.01. The fraction of sp³-hybridized carbons (Fsp3) is 0.111. The first-order chi connectivity index (χ1) is 12.3. The van der Waals surface area contributed by atoms with E-state index in [1.165, 1.54) is 44.4 Å². The van der Waals surface area contributed by atoms with E-state index < -0.39 is 10.0 Å². The lowest BCUT2D eigenvalue weighted by Crippen LogP contribution is -2.22. The van der Waals surface area contributed by atoms with Crippen molar-refractivity contribution in [2.75, 3.05) is 14.1 Å². The minimum absolute atomic E-state index is 0.148. The molecule has 0 spiro atoms. The molecule has 2 heterocycles. The second-order valence-corrected chi connectivity index (χ2v) is 8.84. The normalized spacial score (nSPS) is 12.3. The van der Waals surface area contributed by atoms with Crippen molar-refractivity contribution in [3.05, 3.63) is 70.6 Å². The number of ketones is 1. The molecule has 0 atom stereocenters. The van der Waals surface area contributed by atoms with Crippen LogP contribution >= 0.6 is 15.9 Å². The fourth-order valence-electron chi connectivity index (χ4n) is 2.36. The average molecular weight is 434 g/mol. The Morgan fingerprint density at radius 2 is 1.85 bits per heavy atom. The third-order valence-electron chi connectivity index (χ3n) is 3.82. The number of fused-ring (bicyclic) bond motifs is 1. The van der Waals surface area contributed by atoms with Crippen molar-refractivity contribution >= 4 is 43.5 Å². The predicted octanol–water partition coefficient (Wildman–Crippen LogP) is 3.24. The molecule has 6 nitrogen and oxygen atoms in total. The van der Waals surface area contributed by atoms with Crippen LogP contribution < -0.4 is 0 Å². The van der Waals surface area contributed by atoms with Gasteiger partial charge in [-0.2, -0.15) is 0 Å². The molecule has 26 heavy (non-hydrogen) atoms. The van der Waals surface area contributed by atoms with Crippen molar-refractivity contribution in [3.63, 3.8) is 0 Å². The van der Waals surface area contributed by atoms with Crippen LogP contribution in [0.5, 0.6) is 0 Å². The quantitative estimate of drug-likeness (QED) is 0.457. The van der Waals surface area contributed by atoms with Crippen LogP contribution in [0.3, 0.4) is 0 Å². The van der Waals surface area contributed by atoms with Gasteiger partial charge in [-0.3, -0.25) is 9.20 Å². The van der Waals surface area contributed by atoms with Crippen LogP contribution in [0.25, 0.3) is 11.7 Å². The highest BCUT2D eigenvalue weighted by atomic mass is 79.9. The summed E-state index contributed by atoms with van der Waals surface area (Å²) in [6.07, 6.45) is 6.67. The Balaban J connectivity index is 1.83. The van der Waals surface area contributed by atoms with Crippen molar-refractivity contribution in [1.82, 2.24) is 13.7 Å². The smallest absolute Gasteiger partial charge is 0.242 e. The number of nitrogens with zero attached hydrogens (tertiary/aromatic N) is 3. The Kier molecular flexibility index (Phi) is 5.08. The number of carbonyl (C=O) groups is 1. The molecule has 2 aromatic heterocycles. The summed E-state index contributed by atoms with van der Waals surface area (Å²) in [5.41, 5.74) is 1.95. The highest BCUT2D eigenvalue weighted by molar-refractivity contribution is 9.10. The summed E-state index contributed by atoms with van der Waals surface area (Å²) < 4.78 is 28.0. The lowest BCUT2D eigenvalue weighted by atomic mass is 10.1. The number of rotatable bonds is 5. The Morgan fingerprint density at radius 3 is 2.50 bits per heavy atom. The molecule has 0 N–H and O–H groups in total. The van der Waals surface area contributed by atoms with Crippen LogP contribution in [0.4, 0.5) is 0 Å². The first-order valence-electron chi connectivity index (χ1n) is 7.66. The largest absolute Gasteiger partial charge is 0.299 e. The van der Waals surface area contributed by atoms with E-state index in [2.05, 4.69) is 20.9 Å². The molecule has 0 saturated carbocycles. The third kappa shape index (κ3) is 3.62. The molecular weight excluding hydrogens is 418 g/mol. The number of benzene rings is 1. The van der Waals surface area contributed by atoms with Gasteiger partial charge in [0.05, 0.1) is 16.8 Å². The van der Waals surface area contributed by atoms with E-state index in [-0.39, 0.29) is 10.7 Å². The number of sulfonamides is 1. The van der Waals surface area contributed by atoms with Gasteiger partial charge in [0.2, 0.25) is 10.0 Å². The van der Waals surface area contributed by atoms with E-state index in [1.54, 1.807) is 12.3 Å². The van der Waals surface area contributed by atoms with Crippen LogP contribution in [-0.2, 0) is 10.0 Å². The van der Waals surface area contributed by atoms with Gasteiger partial charge in [0, 0.05) is 30.3 Å². The Labute approximate surface area is 160 Å². The molecule has 0 saturated heterocycles. The van der Waals surface area contributed by atoms with Crippen LogP contribution in [-0.4, -0.2) is 42.0 Å². The minimum Gasteiger partial charge on any atom is -0.299 e. The molecule has 0 aliphatic heterocycles. The highest BCUT2D eigenvalue weighted by Gasteiger charge is 2.17. The van der Waals surface area contributed by atoms with Crippen molar-refractivity contribution in [3.8, 4) is 0 Å². The van der Waals surface area contributed by atoms with Crippen molar-refractivity contribution < 1.29 is 13.2 Å². The summed E-state index contributed by atoms with van der Waals surface area (Å²) in [5, 5.41) is 0. The van der Waals surface area contributed by atoms with Crippen LogP contribution in [0.15, 0.2) is 64.2 Å². The Bertz CT molecular complexity index is 1100. The lowest BCUT2D eigenvalue weighted by Gasteiger charge is -2.11. The number of hydrogen-bond acceptors (Lipinski definition) is 4. The van der Waals surface area contributed by atoms with Gasteiger partial charge in [-0.05, 0) is 64.5 Å². The molecule has 8 heteroatoms. The van der Waals surface area contributed by atoms with E-state index in [4.69, 9.17) is 0 Å². The summed E-state index contributed by atoms with van der Waals surface area (Å²) in [6, 6.07) is 9.64. The zero-order valence-corrected chi connectivity index (χ0v) is 16.5. The number of carbonyl (C=O) groups excluding carboxylic acids is 1. The van der Waals surface area contributed by atoms with Gasteiger partial charge in [-0.15, -0.1) is 0 Å². The topological polar surface area (TPSA) is 71.8 Å². The minimum atomic E-state index is -3.51. The number of allylic oxidation sites excluding steroid dienone is 1. The summed E-state index contributed by atoms with van der Waals surface area (Å²) in [7, 11) is -0.580. The lowest BCUT2D eigenvalue weighted by molar-refractivity contribution is 0.104. The van der Waals surface area contributed by atoms with Crippen molar-refractivity contribution in [1.29, 1.82) is 0 Å². The van der Waals surface area contributed by atoms with Gasteiger partial charge < -0.3 is 0 Å². The first-order valence-corrected chi connectivity index (χ1v) is 9.90. The standard InChI is InChI=1S/C18H16BrN3O3S/c1-21(2)26(24,25)16-7-3-13(4-8-16)17(23)9-6-15-11-20-18-10-5-14(19)12-22(15)18/h3-12H,1-2H3. The highest BCUT2D eigenvalue weighted by Crippen LogP contribution is 2.16.